The second kappa shape index (κ2) is 17.8. The van der Waals surface area contributed by atoms with E-state index in [4.69, 9.17) is 24.4 Å². The Labute approximate surface area is 392 Å². The number of hydrogen-bond donors (Lipinski definition) is 4. The number of benzene rings is 3. The van der Waals surface area contributed by atoms with Crippen LogP contribution in [0.4, 0.5) is 17.1 Å². The van der Waals surface area contributed by atoms with Gasteiger partial charge in [0.2, 0.25) is 11.7 Å². The number of nitrogens with zero attached hydrogens (tertiary/aromatic N) is 10. The Morgan fingerprint density at radius 2 is 1.59 bits per heavy atom. The van der Waals surface area contributed by atoms with Crippen LogP contribution in [0.2, 0.25) is 0 Å². The molecule has 4 N–H and O–H groups in total. The number of fused-ring (bicyclic) bond motifs is 4. The molecular formula is C49H56N14O5. The van der Waals surface area contributed by atoms with Gasteiger partial charge in [-0.2, -0.15) is 20.3 Å². The number of amides is 2. The lowest BCUT2D eigenvalue weighted by molar-refractivity contribution is 0.101. The Morgan fingerprint density at radius 3 is 2.38 bits per heavy atom. The number of piperidine rings is 1. The van der Waals surface area contributed by atoms with E-state index in [9.17, 15) is 9.59 Å². The Morgan fingerprint density at radius 1 is 0.779 bits per heavy atom. The van der Waals surface area contributed by atoms with Crippen LogP contribution in [0.1, 0.15) is 77.6 Å². The molecule has 2 saturated carbocycles. The van der Waals surface area contributed by atoms with Crippen molar-refractivity contribution in [3.8, 4) is 17.4 Å². The molecule has 6 heterocycles. The number of carbonyl (C=O) groups is 2. The van der Waals surface area contributed by atoms with Crippen molar-refractivity contribution in [2.45, 2.75) is 82.1 Å². The van der Waals surface area contributed by atoms with Gasteiger partial charge in [0, 0.05) is 105 Å². The van der Waals surface area contributed by atoms with Crippen molar-refractivity contribution in [3.05, 3.63) is 84.2 Å². The predicted molar refractivity (Wildman–Crippen MR) is 259 cm³/mol. The first-order valence-electron chi connectivity index (χ1n) is 23.5. The first-order chi connectivity index (χ1) is 33.1. The molecule has 2 unspecified atom stereocenters. The number of aromatic nitrogens is 9. The molecule has 1 aliphatic heterocycles. The Hall–Kier alpha value is -7.25. The van der Waals surface area contributed by atoms with E-state index in [1.165, 1.54) is 20.0 Å². The molecule has 3 aliphatic rings. The summed E-state index contributed by atoms with van der Waals surface area (Å²) in [6.45, 7) is 1.88. The number of hydrogen-bond acceptors (Lipinski definition) is 13. The number of anilines is 3. The Balaban J connectivity index is 1.01. The number of rotatable bonds is 14. The molecule has 0 bridgehead atoms. The first-order valence-corrected chi connectivity index (χ1v) is 23.5. The summed E-state index contributed by atoms with van der Waals surface area (Å²) in [6.07, 6.45) is 19.3. The summed E-state index contributed by atoms with van der Waals surface area (Å²) in [4.78, 5) is 40.7. The van der Waals surface area contributed by atoms with Gasteiger partial charge >= 0.3 is 0 Å². The van der Waals surface area contributed by atoms with Crippen molar-refractivity contribution in [3.63, 3.8) is 0 Å². The maximum Gasteiger partial charge on any atom is 0.258 e. The van der Waals surface area contributed by atoms with Crippen molar-refractivity contribution in [2.24, 2.45) is 14.1 Å². The number of ether oxygens (including phenoxy) is 3. The highest BCUT2D eigenvalue weighted by Crippen LogP contribution is 2.38. The lowest BCUT2D eigenvalue weighted by Crippen LogP contribution is -2.43. The van der Waals surface area contributed by atoms with E-state index in [1.807, 2.05) is 57.9 Å². The molecule has 8 aromatic rings. The molecule has 1 saturated heterocycles. The molecule has 2 atom stereocenters. The van der Waals surface area contributed by atoms with Crippen LogP contribution in [0.5, 0.6) is 17.4 Å². The maximum absolute atomic E-state index is 15.0. The van der Waals surface area contributed by atoms with Crippen LogP contribution in [0, 0.1) is 0 Å². The fraction of sp³-hybridized carbons (Fsp3) is 0.408. The summed E-state index contributed by atoms with van der Waals surface area (Å²) < 4.78 is 25.2. The van der Waals surface area contributed by atoms with Gasteiger partial charge in [-0.15, -0.1) is 0 Å². The lowest BCUT2D eigenvalue weighted by atomic mass is 9.93. The van der Waals surface area contributed by atoms with Crippen LogP contribution in [-0.4, -0.2) is 114 Å². The molecule has 3 aromatic carbocycles. The van der Waals surface area contributed by atoms with E-state index in [0.717, 1.165) is 73.6 Å². The van der Waals surface area contributed by atoms with Crippen molar-refractivity contribution < 1.29 is 23.8 Å². The van der Waals surface area contributed by atoms with Crippen LogP contribution >= 0.6 is 0 Å². The standard InChI is InChI=1S/C49H56N14O5/c1-50-32-7-6-8-33(21-32)68-41-12-11-34(46(64)53-38-19-28-23-59(2)56-37(28)22-42(38)66-4)44-36(41)26-63(58-44)24-29-20-40(61-16-13-31(14-17-61)52-30-9-10-30)35-25-60(3)57-45(35)43(29)47(65)54-39-27-62-18-15-51-49(62)55-48(39)67-5/h11-12,15,18-20,22-23,25-27,30-33,50,52H,6-10,13-14,16-17,21,24H2,1-5H3,(H,53,64)(H,54,65). The molecule has 68 heavy (non-hydrogen) atoms. The zero-order chi connectivity index (χ0) is 46.6. The van der Waals surface area contributed by atoms with Crippen LogP contribution in [0.3, 0.4) is 0 Å². The summed E-state index contributed by atoms with van der Waals surface area (Å²) in [5.41, 5.74) is 5.07. The molecular weight excluding hydrogens is 865 g/mol. The van der Waals surface area contributed by atoms with Crippen molar-refractivity contribution in [1.29, 1.82) is 0 Å². The van der Waals surface area contributed by atoms with Gasteiger partial charge in [-0.05, 0) is 88.2 Å². The molecule has 2 aliphatic carbocycles. The summed E-state index contributed by atoms with van der Waals surface area (Å²) in [5.74, 6) is 1.03. The van der Waals surface area contributed by atoms with E-state index in [1.54, 1.807) is 50.2 Å². The summed E-state index contributed by atoms with van der Waals surface area (Å²) in [6, 6.07) is 10.9. The zero-order valence-electron chi connectivity index (χ0n) is 39.0. The number of aryl methyl sites for hydroxylation is 2. The molecule has 0 radical (unpaired) electrons. The van der Waals surface area contributed by atoms with Gasteiger partial charge < -0.3 is 40.4 Å². The minimum Gasteiger partial charge on any atom is -0.494 e. The number of nitrogens with one attached hydrogen (secondary N) is 4. The van der Waals surface area contributed by atoms with Gasteiger partial charge in [0.1, 0.15) is 34.3 Å². The van der Waals surface area contributed by atoms with Gasteiger partial charge in [-0.1, -0.05) is 0 Å². The lowest BCUT2D eigenvalue weighted by Gasteiger charge is -2.35. The van der Waals surface area contributed by atoms with Gasteiger partial charge in [-0.25, -0.2) is 4.98 Å². The minimum absolute atomic E-state index is 0.0241. The maximum atomic E-state index is 15.0. The highest BCUT2D eigenvalue weighted by Gasteiger charge is 2.31. The third-order valence-electron chi connectivity index (χ3n) is 13.7. The molecule has 19 heteroatoms. The second-order valence-electron chi connectivity index (χ2n) is 18.4. The molecule has 11 rings (SSSR count). The fourth-order valence-corrected chi connectivity index (χ4v) is 10.1. The fourth-order valence-electron chi connectivity index (χ4n) is 10.1. The van der Waals surface area contributed by atoms with Gasteiger partial charge in [0.25, 0.3) is 11.8 Å². The monoisotopic (exact) mass is 920 g/mol. The minimum atomic E-state index is -0.390. The van der Waals surface area contributed by atoms with E-state index >= 15 is 0 Å². The third-order valence-corrected chi connectivity index (χ3v) is 13.7. The van der Waals surface area contributed by atoms with Crippen LogP contribution < -0.4 is 40.4 Å². The number of carbonyl (C=O) groups excluding carboxylic acids is 2. The smallest absolute Gasteiger partial charge is 0.258 e. The van der Waals surface area contributed by atoms with Gasteiger partial charge in [0.15, 0.2) is 0 Å². The molecule has 5 aromatic heterocycles. The normalized spacial score (nSPS) is 17.9. The number of imidazole rings is 1. The molecule has 3 fully saturated rings. The summed E-state index contributed by atoms with van der Waals surface area (Å²) in [5, 5.41) is 30.5. The van der Waals surface area contributed by atoms with Crippen molar-refractivity contribution in [2.75, 3.05) is 49.9 Å². The zero-order valence-corrected chi connectivity index (χ0v) is 39.0. The van der Waals surface area contributed by atoms with Crippen molar-refractivity contribution in [1.82, 2.24) is 54.3 Å². The second-order valence-corrected chi connectivity index (χ2v) is 18.4. The topological polar surface area (TPSA) is 197 Å². The average Bonchev–Trinajstić information content (AvgIpc) is 3.61. The third kappa shape index (κ3) is 8.40. The van der Waals surface area contributed by atoms with Gasteiger partial charge in [0.05, 0.1) is 48.5 Å². The van der Waals surface area contributed by atoms with E-state index in [2.05, 4.69) is 47.3 Å². The van der Waals surface area contributed by atoms with E-state index in [0.29, 0.717) is 79.9 Å². The largest absolute Gasteiger partial charge is 0.494 e. The summed E-state index contributed by atoms with van der Waals surface area (Å²) in [7, 11) is 8.80. The summed E-state index contributed by atoms with van der Waals surface area (Å²) >= 11 is 0. The highest BCUT2D eigenvalue weighted by atomic mass is 16.5. The number of methoxy groups -OCH3 is 2. The quantitative estimate of drug-likeness (QED) is 0.0985. The van der Waals surface area contributed by atoms with Crippen LogP contribution in [-0.2, 0) is 20.6 Å². The van der Waals surface area contributed by atoms with Crippen molar-refractivity contribution >= 4 is 67.4 Å². The highest BCUT2D eigenvalue weighted by molar-refractivity contribution is 6.16. The van der Waals surface area contributed by atoms with E-state index < -0.39 is 0 Å². The van der Waals surface area contributed by atoms with Gasteiger partial charge in [-0.3, -0.25) is 28.0 Å². The molecule has 2 amide bonds. The first kappa shape index (κ1) is 43.3. The van der Waals surface area contributed by atoms with Crippen LogP contribution in [0.15, 0.2) is 67.5 Å². The average molecular weight is 921 g/mol. The van der Waals surface area contributed by atoms with Crippen LogP contribution in [0.25, 0.3) is 38.5 Å². The SMILES string of the molecule is CNC1CCCC(Oc2ccc(C(=O)Nc3cc4cn(C)nc4cc3OC)c3nn(Cc4cc(N5CCC(NC6CC6)CC5)c5cn(C)nc5c4C(=O)Nc4cn5ccnc5nc4OC)cc23)C1. The Kier molecular flexibility index (Phi) is 11.3. The Bertz CT molecular complexity index is 3210. The molecule has 19 nitrogen and oxygen atoms in total. The molecule has 0 spiro atoms. The predicted octanol–water partition coefficient (Wildman–Crippen LogP) is 6.05. The molecule has 352 valence electrons. The van der Waals surface area contributed by atoms with E-state index in [-0.39, 0.29) is 30.3 Å².